The van der Waals surface area contributed by atoms with Gasteiger partial charge in [-0.25, -0.2) is 13.6 Å². The summed E-state index contributed by atoms with van der Waals surface area (Å²) in [4.78, 5) is 10.3. The Hall–Kier alpha value is -1.01. The normalized spacial score (nSPS) is 12.5. The lowest BCUT2D eigenvalue weighted by molar-refractivity contribution is -0.146. The first-order valence-electron chi connectivity index (χ1n) is 3.96. The molecule has 0 fully saturated rings. The number of rotatable bonds is 3. The van der Waals surface area contributed by atoms with E-state index in [-0.39, 0.29) is 4.47 Å². The molecule has 1 aromatic rings. The van der Waals surface area contributed by atoms with Gasteiger partial charge in [0.2, 0.25) is 0 Å². The number of hydrogen-bond donors (Lipinski definition) is 2. The third-order valence-electron chi connectivity index (χ3n) is 1.79. The van der Waals surface area contributed by atoms with E-state index in [1.54, 1.807) is 0 Å². The molecule has 6 heteroatoms. The summed E-state index contributed by atoms with van der Waals surface area (Å²) in [6.07, 6.45) is -2.41. The summed E-state index contributed by atoms with van der Waals surface area (Å²) >= 11 is 2.88. The van der Waals surface area contributed by atoms with Crippen LogP contribution in [0.25, 0.3) is 0 Å². The van der Waals surface area contributed by atoms with E-state index in [2.05, 4.69) is 15.9 Å². The third-order valence-corrected chi connectivity index (χ3v) is 2.25. The molecule has 0 saturated heterocycles. The molecule has 1 atom stereocenters. The molecule has 0 aliphatic heterocycles. The van der Waals surface area contributed by atoms with E-state index in [0.29, 0.717) is 0 Å². The van der Waals surface area contributed by atoms with Crippen LogP contribution in [0.4, 0.5) is 8.78 Å². The number of aliphatic hydroxyl groups excluding tert-OH is 1. The second kappa shape index (κ2) is 4.67. The Labute approximate surface area is 92.5 Å². The average Bonchev–Trinajstić information content (AvgIpc) is 2.10. The van der Waals surface area contributed by atoms with Crippen LogP contribution >= 0.6 is 15.9 Å². The second-order valence-corrected chi connectivity index (χ2v) is 3.82. The van der Waals surface area contributed by atoms with Crippen molar-refractivity contribution < 1.29 is 23.8 Å². The van der Waals surface area contributed by atoms with Gasteiger partial charge in [-0.15, -0.1) is 0 Å². The standard InChI is InChI=1S/C9H7BrF2O3/c10-4-1-6(11)5(7(12)2-4)3-8(13)9(14)15/h1-2,8,13H,3H2,(H,14,15). The van der Waals surface area contributed by atoms with Crippen molar-refractivity contribution in [2.45, 2.75) is 12.5 Å². The molecular formula is C9H7BrF2O3. The van der Waals surface area contributed by atoms with Gasteiger partial charge in [0.1, 0.15) is 11.6 Å². The predicted octanol–water partition coefficient (Wildman–Crippen LogP) is 1.72. The van der Waals surface area contributed by atoms with Gasteiger partial charge in [0.15, 0.2) is 6.10 Å². The fourth-order valence-corrected chi connectivity index (χ4v) is 1.45. The average molecular weight is 281 g/mol. The zero-order valence-electron chi connectivity index (χ0n) is 7.38. The molecule has 0 spiro atoms. The SMILES string of the molecule is O=C(O)C(O)Cc1c(F)cc(Br)cc1F. The van der Waals surface area contributed by atoms with Crippen molar-refractivity contribution in [3.8, 4) is 0 Å². The number of halogens is 3. The smallest absolute Gasteiger partial charge is 0.332 e. The van der Waals surface area contributed by atoms with Gasteiger partial charge in [0.05, 0.1) is 0 Å². The summed E-state index contributed by atoms with van der Waals surface area (Å²) in [5.74, 6) is -3.29. The van der Waals surface area contributed by atoms with E-state index in [1.165, 1.54) is 0 Å². The first-order valence-corrected chi connectivity index (χ1v) is 4.75. The van der Waals surface area contributed by atoms with Crippen LogP contribution in [0, 0.1) is 11.6 Å². The largest absolute Gasteiger partial charge is 0.479 e. The minimum absolute atomic E-state index is 0.214. The first-order chi connectivity index (χ1) is 6.91. The minimum atomic E-state index is -1.81. The van der Waals surface area contributed by atoms with Gasteiger partial charge in [-0.2, -0.15) is 0 Å². The van der Waals surface area contributed by atoms with E-state index >= 15 is 0 Å². The van der Waals surface area contributed by atoms with Crippen LogP contribution in [0.15, 0.2) is 16.6 Å². The molecule has 1 unspecified atom stereocenters. The lowest BCUT2D eigenvalue weighted by Gasteiger charge is -2.08. The van der Waals surface area contributed by atoms with E-state index in [0.717, 1.165) is 12.1 Å². The van der Waals surface area contributed by atoms with Crippen molar-refractivity contribution in [2.24, 2.45) is 0 Å². The summed E-state index contributed by atoms with van der Waals surface area (Å²) in [6, 6.07) is 2.01. The molecule has 0 saturated carbocycles. The van der Waals surface area contributed by atoms with Crippen LogP contribution in [0.2, 0.25) is 0 Å². The lowest BCUT2D eigenvalue weighted by atomic mass is 10.1. The van der Waals surface area contributed by atoms with Gasteiger partial charge in [0, 0.05) is 16.5 Å². The van der Waals surface area contributed by atoms with Crippen LogP contribution in [-0.2, 0) is 11.2 Å². The minimum Gasteiger partial charge on any atom is -0.479 e. The molecule has 3 nitrogen and oxygen atoms in total. The van der Waals surface area contributed by atoms with Gasteiger partial charge in [-0.3, -0.25) is 0 Å². The number of carboxylic acids is 1. The van der Waals surface area contributed by atoms with Crippen LogP contribution in [-0.4, -0.2) is 22.3 Å². The molecule has 0 amide bonds. The molecule has 0 heterocycles. The molecule has 2 N–H and O–H groups in total. The first kappa shape index (κ1) is 12.1. The number of hydrogen-bond acceptors (Lipinski definition) is 2. The van der Waals surface area contributed by atoms with Crippen molar-refractivity contribution in [1.82, 2.24) is 0 Å². The Balaban J connectivity index is 3.00. The highest BCUT2D eigenvalue weighted by molar-refractivity contribution is 9.10. The molecular weight excluding hydrogens is 274 g/mol. The van der Waals surface area contributed by atoms with Gasteiger partial charge < -0.3 is 10.2 Å². The van der Waals surface area contributed by atoms with Gasteiger partial charge in [-0.1, -0.05) is 15.9 Å². The Morgan fingerprint density at radius 3 is 2.27 bits per heavy atom. The molecule has 0 aromatic heterocycles. The summed E-state index contributed by atoms with van der Waals surface area (Å²) < 4.78 is 26.5. The third kappa shape index (κ3) is 2.97. The van der Waals surface area contributed by atoms with Gasteiger partial charge in [-0.05, 0) is 12.1 Å². The summed E-state index contributed by atoms with van der Waals surface area (Å²) in [5, 5.41) is 17.3. The molecule has 1 aromatic carbocycles. The van der Waals surface area contributed by atoms with E-state index in [4.69, 9.17) is 10.2 Å². The maximum atomic E-state index is 13.2. The summed E-state index contributed by atoms with van der Waals surface area (Å²) in [7, 11) is 0. The Bertz CT molecular complexity index is 372. The fourth-order valence-electron chi connectivity index (χ4n) is 1.05. The van der Waals surface area contributed by atoms with E-state index in [9.17, 15) is 13.6 Å². The number of aliphatic carboxylic acids is 1. The molecule has 0 radical (unpaired) electrons. The van der Waals surface area contributed by atoms with E-state index in [1.807, 2.05) is 0 Å². The van der Waals surface area contributed by atoms with Crippen molar-refractivity contribution in [1.29, 1.82) is 0 Å². The highest BCUT2D eigenvalue weighted by atomic mass is 79.9. The lowest BCUT2D eigenvalue weighted by Crippen LogP contribution is -2.23. The summed E-state index contributed by atoms with van der Waals surface area (Å²) in [6.45, 7) is 0. The van der Waals surface area contributed by atoms with Crippen LogP contribution < -0.4 is 0 Å². The molecule has 1 rings (SSSR count). The van der Waals surface area contributed by atoms with Gasteiger partial charge >= 0.3 is 5.97 Å². The molecule has 0 aliphatic rings. The van der Waals surface area contributed by atoms with Crippen LogP contribution in [0.5, 0.6) is 0 Å². The van der Waals surface area contributed by atoms with Crippen LogP contribution in [0.3, 0.4) is 0 Å². The fraction of sp³-hybridized carbons (Fsp3) is 0.222. The highest BCUT2D eigenvalue weighted by Gasteiger charge is 2.19. The predicted molar refractivity (Wildman–Crippen MR) is 51.4 cm³/mol. The number of benzene rings is 1. The highest BCUT2D eigenvalue weighted by Crippen LogP contribution is 2.20. The quantitative estimate of drug-likeness (QED) is 0.886. The maximum Gasteiger partial charge on any atom is 0.332 e. The molecule has 0 bridgehead atoms. The van der Waals surface area contributed by atoms with Crippen molar-refractivity contribution in [3.63, 3.8) is 0 Å². The van der Waals surface area contributed by atoms with Gasteiger partial charge in [0.25, 0.3) is 0 Å². The topological polar surface area (TPSA) is 57.5 Å². The molecule has 82 valence electrons. The van der Waals surface area contributed by atoms with Crippen LogP contribution in [0.1, 0.15) is 5.56 Å². The maximum absolute atomic E-state index is 13.2. The molecule has 15 heavy (non-hydrogen) atoms. The van der Waals surface area contributed by atoms with E-state index < -0.39 is 35.7 Å². The summed E-state index contributed by atoms with van der Waals surface area (Å²) in [5.41, 5.74) is -0.437. The monoisotopic (exact) mass is 280 g/mol. The number of carboxylic acid groups (broad SMARTS) is 1. The Morgan fingerprint density at radius 2 is 1.87 bits per heavy atom. The van der Waals surface area contributed by atoms with Crippen molar-refractivity contribution >= 4 is 21.9 Å². The molecule has 0 aliphatic carbocycles. The zero-order valence-corrected chi connectivity index (χ0v) is 8.96. The van der Waals surface area contributed by atoms with Crippen molar-refractivity contribution in [3.05, 3.63) is 33.8 Å². The van der Waals surface area contributed by atoms with Crippen molar-refractivity contribution in [2.75, 3.05) is 0 Å². The Kier molecular flexibility index (Phi) is 3.76. The Morgan fingerprint density at radius 1 is 1.40 bits per heavy atom. The zero-order chi connectivity index (χ0) is 11.6. The number of carbonyl (C=O) groups is 1. The second-order valence-electron chi connectivity index (χ2n) is 2.91. The number of aliphatic hydroxyl groups is 1.